The number of carbonyl (C=O) groups is 1. The van der Waals surface area contributed by atoms with Crippen molar-refractivity contribution in [2.45, 2.75) is 20.0 Å². The molecule has 0 unspecified atom stereocenters. The lowest BCUT2D eigenvalue weighted by atomic mass is 10.1. The van der Waals surface area contributed by atoms with Crippen LogP contribution in [-0.2, 0) is 17.8 Å². The van der Waals surface area contributed by atoms with Crippen molar-refractivity contribution < 1.29 is 18.7 Å². The Morgan fingerprint density at radius 3 is 2.74 bits per heavy atom. The molecule has 0 aliphatic carbocycles. The number of ether oxygens (including phenoxy) is 2. The number of amides is 1. The summed E-state index contributed by atoms with van der Waals surface area (Å²) in [6.45, 7) is 1.97. The van der Waals surface area contributed by atoms with Crippen LogP contribution in [0.4, 0.5) is 9.52 Å². The van der Waals surface area contributed by atoms with Crippen LogP contribution in [0.3, 0.4) is 0 Å². The van der Waals surface area contributed by atoms with E-state index < -0.39 is 5.91 Å². The highest BCUT2D eigenvalue weighted by molar-refractivity contribution is 7.15. The third kappa shape index (κ3) is 5.65. The van der Waals surface area contributed by atoms with Gasteiger partial charge in [-0.3, -0.25) is 10.1 Å². The van der Waals surface area contributed by atoms with Crippen LogP contribution in [0.5, 0.6) is 11.5 Å². The lowest BCUT2D eigenvalue weighted by molar-refractivity contribution is -0.112. The number of aryl methyl sites for hydroxylation is 1. The molecule has 1 amide bonds. The number of methoxy groups -OCH3 is 1. The van der Waals surface area contributed by atoms with E-state index in [-0.39, 0.29) is 18.0 Å². The van der Waals surface area contributed by atoms with Gasteiger partial charge >= 0.3 is 0 Å². The van der Waals surface area contributed by atoms with E-state index in [0.717, 1.165) is 5.01 Å². The zero-order valence-corrected chi connectivity index (χ0v) is 17.7. The molecule has 1 N–H and O–H groups in total. The van der Waals surface area contributed by atoms with E-state index >= 15 is 0 Å². The predicted octanol–water partition coefficient (Wildman–Crippen LogP) is 4.37. The fraction of sp³-hybridized carbons (Fsp3) is 0.182. The minimum absolute atomic E-state index is 0.0334. The standard InChI is InChI=1S/C22H19FN4O3S/c1-3-20-26-27-22(31-20)25-21(28)16(12-24)10-14-8-9-18(19(11-14)29-2)30-13-15-6-4-5-7-17(15)23/h4-11H,3,13H2,1-2H3,(H,25,27,28)/b16-10+. The molecule has 3 aromatic rings. The Balaban J connectivity index is 1.75. The van der Waals surface area contributed by atoms with Crippen molar-refractivity contribution in [3.63, 3.8) is 0 Å². The Kier molecular flexibility index (Phi) is 7.30. The van der Waals surface area contributed by atoms with Crippen molar-refractivity contribution in [2.75, 3.05) is 12.4 Å². The number of rotatable bonds is 8. The maximum Gasteiger partial charge on any atom is 0.268 e. The van der Waals surface area contributed by atoms with Gasteiger partial charge in [-0.2, -0.15) is 5.26 Å². The molecule has 0 saturated carbocycles. The lowest BCUT2D eigenvalue weighted by Crippen LogP contribution is -2.13. The highest BCUT2D eigenvalue weighted by Gasteiger charge is 2.14. The lowest BCUT2D eigenvalue weighted by Gasteiger charge is -2.12. The van der Waals surface area contributed by atoms with E-state index in [1.54, 1.807) is 36.4 Å². The van der Waals surface area contributed by atoms with Gasteiger partial charge in [0.05, 0.1) is 7.11 Å². The molecule has 0 fully saturated rings. The number of hydrogen-bond acceptors (Lipinski definition) is 7. The number of carbonyl (C=O) groups excluding carboxylic acids is 1. The van der Waals surface area contributed by atoms with Crippen LogP contribution in [0.25, 0.3) is 6.08 Å². The van der Waals surface area contributed by atoms with Crippen molar-refractivity contribution in [1.82, 2.24) is 10.2 Å². The molecule has 7 nitrogen and oxygen atoms in total. The zero-order chi connectivity index (χ0) is 22.2. The van der Waals surface area contributed by atoms with Gasteiger partial charge in [-0.25, -0.2) is 4.39 Å². The van der Waals surface area contributed by atoms with E-state index in [2.05, 4.69) is 15.5 Å². The van der Waals surface area contributed by atoms with Gasteiger partial charge in [0.1, 0.15) is 29.1 Å². The summed E-state index contributed by atoms with van der Waals surface area (Å²) in [6, 6.07) is 13.2. The summed E-state index contributed by atoms with van der Waals surface area (Å²) >= 11 is 1.25. The van der Waals surface area contributed by atoms with Crippen LogP contribution < -0.4 is 14.8 Å². The maximum absolute atomic E-state index is 13.8. The average molecular weight is 438 g/mol. The second kappa shape index (κ2) is 10.3. The number of nitrogens with zero attached hydrogens (tertiary/aromatic N) is 3. The molecule has 0 spiro atoms. The smallest absolute Gasteiger partial charge is 0.268 e. The molecule has 0 radical (unpaired) electrons. The second-order valence-electron chi connectivity index (χ2n) is 6.27. The maximum atomic E-state index is 13.8. The largest absolute Gasteiger partial charge is 0.493 e. The second-order valence-corrected chi connectivity index (χ2v) is 7.33. The summed E-state index contributed by atoms with van der Waals surface area (Å²) in [6.07, 6.45) is 2.14. The molecule has 9 heteroatoms. The molecule has 0 aliphatic rings. The summed E-state index contributed by atoms with van der Waals surface area (Å²) in [5, 5.41) is 20.9. The fourth-order valence-corrected chi connectivity index (χ4v) is 3.27. The third-order valence-electron chi connectivity index (χ3n) is 4.19. The van der Waals surface area contributed by atoms with Crippen molar-refractivity contribution in [3.8, 4) is 17.6 Å². The third-order valence-corrected chi connectivity index (χ3v) is 5.18. The number of benzene rings is 2. The molecular weight excluding hydrogens is 419 g/mol. The fourth-order valence-electron chi connectivity index (χ4n) is 2.59. The predicted molar refractivity (Wildman–Crippen MR) is 115 cm³/mol. The molecule has 31 heavy (non-hydrogen) atoms. The Hall–Kier alpha value is -3.77. The first kappa shape index (κ1) is 21.9. The monoisotopic (exact) mass is 438 g/mol. The van der Waals surface area contributed by atoms with Gasteiger partial charge in [-0.05, 0) is 36.3 Å². The molecule has 0 atom stereocenters. The van der Waals surface area contributed by atoms with E-state index in [9.17, 15) is 14.4 Å². The van der Waals surface area contributed by atoms with Gasteiger partial charge in [0.15, 0.2) is 11.5 Å². The van der Waals surface area contributed by atoms with Crippen LogP contribution in [0.1, 0.15) is 23.1 Å². The van der Waals surface area contributed by atoms with Crippen LogP contribution in [0.2, 0.25) is 0 Å². The van der Waals surface area contributed by atoms with E-state index in [0.29, 0.717) is 34.2 Å². The molecule has 3 rings (SSSR count). The SMILES string of the molecule is CCc1nnc(NC(=O)/C(C#N)=C/c2ccc(OCc3ccccc3F)c(OC)c2)s1. The highest BCUT2D eigenvalue weighted by Crippen LogP contribution is 2.30. The molecule has 1 aromatic heterocycles. The normalized spacial score (nSPS) is 11.0. The van der Waals surface area contributed by atoms with E-state index in [1.165, 1.54) is 30.6 Å². The van der Waals surface area contributed by atoms with Crippen molar-refractivity contribution in [2.24, 2.45) is 0 Å². The van der Waals surface area contributed by atoms with Crippen molar-refractivity contribution in [3.05, 3.63) is 70.0 Å². The number of hydrogen-bond donors (Lipinski definition) is 1. The number of aromatic nitrogens is 2. The molecular formula is C22H19FN4O3S. The molecule has 2 aromatic carbocycles. The first-order chi connectivity index (χ1) is 15.0. The quantitative estimate of drug-likeness (QED) is 0.414. The Bertz CT molecular complexity index is 1150. The minimum atomic E-state index is -0.583. The Morgan fingerprint density at radius 1 is 1.26 bits per heavy atom. The first-order valence-electron chi connectivity index (χ1n) is 9.33. The summed E-state index contributed by atoms with van der Waals surface area (Å²) in [4.78, 5) is 12.4. The van der Waals surface area contributed by atoms with E-state index in [1.807, 2.05) is 13.0 Å². The van der Waals surface area contributed by atoms with Gasteiger partial charge in [-0.1, -0.05) is 42.5 Å². The van der Waals surface area contributed by atoms with Gasteiger partial charge in [-0.15, -0.1) is 10.2 Å². The summed E-state index contributed by atoms with van der Waals surface area (Å²) < 4.78 is 24.8. The molecule has 0 aliphatic heterocycles. The molecule has 0 bridgehead atoms. The number of nitriles is 1. The average Bonchev–Trinajstić information content (AvgIpc) is 3.24. The Labute approximate surface area is 182 Å². The molecule has 1 heterocycles. The van der Waals surface area contributed by atoms with Gasteiger partial charge in [0.2, 0.25) is 5.13 Å². The summed E-state index contributed by atoms with van der Waals surface area (Å²) in [7, 11) is 1.47. The number of anilines is 1. The number of halogens is 1. The van der Waals surface area contributed by atoms with Crippen LogP contribution in [0, 0.1) is 17.1 Å². The van der Waals surface area contributed by atoms with Crippen LogP contribution in [0.15, 0.2) is 48.0 Å². The topological polar surface area (TPSA) is 97.1 Å². The van der Waals surface area contributed by atoms with Crippen LogP contribution >= 0.6 is 11.3 Å². The van der Waals surface area contributed by atoms with Crippen LogP contribution in [-0.4, -0.2) is 23.2 Å². The van der Waals surface area contributed by atoms with Gasteiger partial charge < -0.3 is 9.47 Å². The van der Waals surface area contributed by atoms with Gasteiger partial charge in [0, 0.05) is 5.56 Å². The summed E-state index contributed by atoms with van der Waals surface area (Å²) in [5.41, 5.74) is 0.878. The van der Waals surface area contributed by atoms with Crippen molar-refractivity contribution in [1.29, 1.82) is 5.26 Å². The molecule has 0 saturated heterocycles. The number of nitrogens with one attached hydrogen (secondary N) is 1. The zero-order valence-electron chi connectivity index (χ0n) is 16.9. The highest BCUT2D eigenvalue weighted by atomic mass is 32.1. The Morgan fingerprint density at radius 2 is 2.06 bits per heavy atom. The molecule has 158 valence electrons. The summed E-state index contributed by atoms with van der Waals surface area (Å²) in [5.74, 6) is -0.140. The van der Waals surface area contributed by atoms with Gasteiger partial charge in [0.25, 0.3) is 5.91 Å². The minimum Gasteiger partial charge on any atom is -0.493 e. The van der Waals surface area contributed by atoms with Crippen molar-refractivity contribution >= 4 is 28.5 Å². The van der Waals surface area contributed by atoms with E-state index in [4.69, 9.17) is 9.47 Å². The first-order valence-corrected chi connectivity index (χ1v) is 10.2.